The molecule has 1 N–H and O–H groups in total. The lowest BCUT2D eigenvalue weighted by molar-refractivity contribution is -0.128. The number of pyridine rings is 1. The molecule has 1 aliphatic carbocycles. The zero-order chi connectivity index (χ0) is 17.4. The molecule has 6 heteroatoms. The van der Waals surface area contributed by atoms with Crippen LogP contribution in [0.2, 0.25) is 0 Å². The number of hydrogen-bond acceptors (Lipinski definition) is 4. The van der Waals surface area contributed by atoms with Gasteiger partial charge in [0.05, 0.1) is 17.3 Å². The Bertz CT molecular complexity index is 682. The van der Waals surface area contributed by atoms with E-state index in [0.29, 0.717) is 6.04 Å². The van der Waals surface area contributed by atoms with Crippen LogP contribution in [0.25, 0.3) is 0 Å². The Morgan fingerprint density at radius 3 is 2.80 bits per heavy atom. The highest BCUT2D eigenvalue weighted by atomic mass is 16.2. The van der Waals surface area contributed by atoms with Gasteiger partial charge in [-0.2, -0.15) is 0 Å². The van der Waals surface area contributed by atoms with Gasteiger partial charge in [-0.15, -0.1) is 0 Å². The molecule has 2 amide bonds. The molecule has 0 bridgehead atoms. The second kappa shape index (κ2) is 6.41. The third-order valence-electron chi connectivity index (χ3n) is 6.32. The van der Waals surface area contributed by atoms with Gasteiger partial charge < -0.3 is 10.2 Å². The lowest BCUT2D eigenvalue weighted by Crippen LogP contribution is -2.46. The van der Waals surface area contributed by atoms with E-state index in [0.717, 1.165) is 69.5 Å². The lowest BCUT2D eigenvalue weighted by atomic mass is 9.69. The van der Waals surface area contributed by atoms with Gasteiger partial charge in [-0.1, -0.05) is 0 Å². The first-order valence-corrected chi connectivity index (χ1v) is 9.36. The van der Waals surface area contributed by atoms with Gasteiger partial charge >= 0.3 is 0 Å². The Balaban J connectivity index is 1.44. The fourth-order valence-electron chi connectivity index (χ4n) is 4.85. The summed E-state index contributed by atoms with van der Waals surface area (Å²) in [5, 5.41) is 3.02. The summed E-state index contributed by atoms with van der Waals surface area (Å²) in [5.41, 5.74) is 1.66. The Morgan fingerprint density at radius 2 is 2.04 bits per heavy atom. The number of rotatable bonds is 1. The van der Waals surface area contributed by atoms with E-state index in [2.05, 4.69) is 15.2 Å². The third-order valence-corrected chi connectivity index (χ3v) is 6.32. The number of fused-ring (bicyclic) bond motifs is 2. The Kier molecular flexibility index (Phi) is 4.23. The predicted molar refractivity (Wildman–Crippen MR) is 95.2 cm³/mol. The van der Waals surface area contributed by atoms with Crippen LogP contribution in [-0.2, 0) is 15.0 Å². The maximum atomic E-state index is 12.7. The standard InChI is InChI=1S/C19H26N4O2/c1-14(24)22-9-2-10-23(12-11-22)15-3-6-19(7-4-15)16-5-8-20-13-17(16)21-18(19)25/h5,8,13,15H,2-4,6-7,9-12H2,1H3,(H,21,25). The number of nitrogens with one attached hydrogen (secondary N) is 1. The Morgan fingerprint density at radius 1 is 1.24 bits per heavy atom. The maximum absolute atomic E-state index is 12.7. The van der Waals surface area contributed by atoms with Crippen LogP contribution in [-0.4, -0.2) is 58.8 Å². The van der Waals surface area contributed by atoms with E-state index < -0.39 is 0 Å². The van der Waals surface area contributed by atoms with Crippen molar-refractivity contribution in [3.8, 4) is 0 Å². The van der Waals surface area contributed by atoms with E-state index in [4.69, 9.17) is 0 Å². The average molecular weight is 342 g/mol. The molecule has 2 aliphatic heterocycles. The summed E-state index contributed by atoms with van der Waals surface area (Å²) in [6.07, 6.45) is 8.46. The number of amides is 2. The number of hydrogen-bond donors (Lipinski definition) is 1. The lowest BCUT2D eigenvalue weighted by Gasteiger charge is -2.40. The van der Waals surface area contributed by atoms with Gasteiger partial charge in [0.1, 0.15) is 0 Å². The van der Waals surface area contributed by atoms with Gasteiger partial charge in [0.25, 0.3) is 0 Å². The minimum absolute atomic E-state index is 0.146. The average Bonchev–Trinajstić information content (AvgIpc) is 2.79. The third kappa shape index (κ3) is 2.82. The fourth-order valence-corrected chi connectivity index (χ4v) is 4.85. The number of aromatic nitrogens is 1. The van der Waals surface area contributed by atoms with Gasteiger partial charge in [-0.05, 0) is 43.7 Å². The molecule has 1 spiro atoms. The zero-order valence-corrected chi connectivity index (χ0v) is 14.8. The maximum Gasteiger partial charge on any atom is 0.235 e. The first kappa shape index (κ1) is 16.5. The Hall–Kier alpha value is -1.95. The molecule has 1 saturated carbocycles. The van der Waals surface area contributed by atoms with Crippen molar-refractivity contribution in [2.75, 3.05) is 31.5 Å². The van der Waals surface area contributed by atoms with E-state index in [1.165, 1.54) is 0 Å². The number of carbonyl (C=O) groups is 2. The largest absolute Gasteiger partial charge is 0.342 e. The molecular formula is C19H26N4O2. The molecule has 6 nitrogen and oxygen atoms in total. The quantitative estimate of drug-likeness (QED) is 0.845. The van der Waals surface area contributed by atoms with Crippen molar-refractivity contribution in [3.63, 3.8) is 0 Å². The monoisotopic (exact) mass is 342 g/mol. The van der Waals surface area contributed by atoms with Crippen molar-refractivity contribution in [1.29, 1.82) is 0 Å². The minimum Gasteiger partial charge on any atom is -0.342 e. The molecule has 25 heavy (non-hydrogen) atoms. The Labute approximate surface area is 148 Å². The van der Waals surface area contributed by atoms with E-state index in [-0.39, 0.29) is 17.2 Å². The van der Waals surface area contributed by atoms with Crippen LogP contribution in [0.3, 0.4) is 0 Å². The summed E-state index contributed by atoms with van der Waals surface area (Å²) in [6.45, 7) is 5.35. The van der Waals surface area contributed by atoms with Crippen LogP contribution in [0.15, 0.2) is 18.5 Å². The summed E-state index contributed by atoms with van der Waals surface area (Å²) < 4.78 is 0. The summed E-state index contributed by atoms with van der Waals surface area (Å²) >= 11 is 0. The van der Waals surface area contributed by atoms with Crippen molar-refractivity contribution in [3.05, 3.63) is 24.0 Å². The smallest absolute Gasteiger partial charge is 0.235 e. The highest BCUT2D eigenvalue weighted by molar-refractivity contribution is 6.06. The molecule has 1 saturated heterocycles. The van der Waals surface area contributed by atoms with E-state index in [9.17, 15) is 9.59 Å². The second-order valence-corrected chi connectivity index (χ2v) is 7.58. The molecular weight excluding hydrogens is 316 g/mol. The molecule has 2 fully saturated rings. The van der Waals surface area contributed by atoms with Crippen molar-refractivity contribution < 1.29 is 9.59 Å². The van der Waals surface area contributed by atoms with Crippen LogP contribution in [0.5, 0.6) is 0 Å². The molecule has 0 unspecified atom stereocenters. The first-order valence-electron chi connectivity index (χ1n) is 9.36. The molecule has 4 rings (SSSR count). The number of nitrogens with zero attached hydrogens (tertiary/aromatic N) is 3. The molecule has 1 aromatic rings. The summed E-state index contributed by atoms with van der Waals surface area (Å²) in [7, 11) is 0. The molecule has 3 aliphatic rings. The highest BCUT2D eigenvalue weighted by Crippen LogP contribution is 2.47. The molecule has 0 atom stereocenters. The van der Waals surface area contributed by atoms with Crippen LogP contribution < -0.4 is 5.32 Å². The summed E-state index contributed by atoms with van der Waals surface area (Å²) in [4.78, 5) is 32.9. The topological polar surface area (TPSA) is 65.5 Å². The highest BCUT2D eigenvalue weighted by Gasteiger charge is 2.49. The van der Waals surface area contributed by atoms with Crippen molar-refractivity contribution in [2.45, 2.75) is 50.5 Å². The van der Waals surface area contributed by atoms with Crippen molar-refractivity contribution in [2.24, 2.45) is 0 Å². The van der Waals surface area contributed by atoms with Gasteiger partial charge in [0, 0.05) is 45.3 Å². The fraction of sp³-hybridized carbons (Fsp3) is 0.632. The second-order valence-electron chi connectivity index (χ2n) is 7.58. The minimum atomic E-state index is -0.355. The number of anilines is 1. The zero-order valence-electron chi connectivity index (χ0n) is 14.8. The van der Waals surface area contributed by atoms with Crippen molar-refractivity contribution in [1.82, 2.24) is 14.8 Å². The molecule has 3 heterocycles. The van der Waals surface area contributed by atoms with Gasteiger partial charge in [0.15, 0.2) is 0 Å². The van der Waals surface area contributed by atoms with Crippen molar-refractivity contribution >= 4 is 17.5 Å². The van der Waals surface area contributed by atoms with E-state index in [1.807, 2.05) is 11.0 Å². The first-order chi connectivity index (χ1) is 12.1. The van der Waals surface area contributed by atoms with E-state index >= 15 is 0 Å². The molecule has 1 aromatic heterocycles. The normalized spacial score (nSPS) is 30.0. The number of carbonyl (C=O) groups excluding carboxylic acids is 2. The predicted octanol–water partition coefficient (Wildman–Crippen LogP) is 1.77. The van der Waals surface area contributed by atoms with Gasteiger partial charge in [-0.25, -0.2) is 0 Å². The van der Waals surface area contributed by atoms with Gasteiger partial charge in [-0.3, -0.25) is 19.5 Å². The summed E-state index contributed by atoms with van der Waals surface area (Å²) in [5.74, 6) is 0.324. The van der Waals surface area contributed by atoms with Gasteiger partial charge in [0.2, 0.25) is 11.8 Å². The van der Waals surface area contributed by atoms with Crippen LogP contribution in [0, 0.1) is 0 Å². The van der Waals surface area contributed by atoms with E-state index in [1.54, 1.807) is 19.3 Å². The van der Waals surface area contributed by atoms with Crippen LogP contribution in [0.1, 0.15) is 44.6 Å². The van der Waals surface area contributed by atoms with Crippen LogP contribution >= 0.6 is 0 Å². The molecule has 134 valence electrons. The SMILES string of the molecule is CC(=O)N1CCCN(C2CCC3(CC2)C(=O)Nc2cnccc23)CC1. The summed E-state index contributed by atoms with van der Waals surface area (Å²) in [6, 6.07) is 2.53. The molecule has 0 aromatic carbocycles. The van der Waals surface area contributed by atoms with Crippen LogP contribution in [0.4, 0.5) is 5.69 Å². The molecule has 0 radical (unpaired) electrons.